The smallest absolute Gasteiger partial charge is 0.234 e. The molecule has 0 N–H and O–H groups in total. The molecule has 1 amide bonds. The van der Waals surface area contributed by atoms with E-state index in [1.165, 1.54) is 29.7 Å². The molecule has 25 heavy (non-hydrogen) atoms. The van der Waals surface area contributed by atoms with Crippen molar-refractivity contribution in [1.29, 1.82) is 0 Å². The lowest BCUT2D eigenvalue weighted by atomic mass is 10.2. The van der Waals surface area contributed by atoms with Crippen molar-refractivity contribution in [3.05, 3.63) is 40.9 Å². The summed E-state index contributed by atoms with van der Waals surface area (Å²) in [6.07, 6.45) is 7.86. The second kappa shape index (κ2) is 6.87. The van der Waals surface area contributed by atoms with E-state index in [0.29, 0.717) is 25.3 Å². The zero-order chi connectivity index (χ0) is 17.2. The molecule has 1 saturated carbocycles. The second-order valence-electron chi connectivity index (χ2n) is 6.44. The molecule has 0 aliphatic heterocycles. The Kier molecular flexibility index (Phi) is 4.44. The van der Waals surface area contributed by atoms with E-state index in [1.807, 2.05) is 23.7 Å². The molecule has 0 aromatic carbocycles. The zero-order valence-corrected chi connectivity index (χ0v) is 14.9. The number of hydrogen-bond donors (Lipinski definition) is 0. The number of rotatable bonds is 7. The van der Waals surface area contributed by atoms with Crippen LogP contribution in [0.1, 0.15) is 41.6 Å². The molecule has 0 radical (unpaired) electrons. The maximum absolute atomic E-state index is 12.3. The predicted molar refractivity (Wildman–Crippen MR) is 94.5 cm³/mol. The molecule has 0 spiro atoms. The number of aromatic nitrogens is 5. The third-order valence-corrected chi connectivity index (χ3v) is 5.42. The van der Waals surface area contributed by atoms with Crippen LogP contribution in [0.3, 0.4) is 0 Å². The fourth-order valence-corrected chi connectivity index (χ4v) is 3.58. The molecule has 0 bridgehead atoms. The van der Waals surface area contributed by atoms with Gasteiger partial charge < -0.3 is 4.90 Å². The van der Waals surface area contributed by atoms with Gasteiger partial charge in [-0.1, -0.05) is 11.3 Å². The Morgan fingerprint density at radius 1 is 1.28 bits per heavy atom. The van der Waals surface area contributed by atoms with Gasteiger partial charge in [-0.3, -0.25) is 9.78 Å². The molecule has 0 atom stereocenters. The molecule has 3 aromatic heterocycles. The van der Waals surface area contributed by atoms with Crippen molar-refractivity contribution in [3.63, 3.8) is 0 Å². The van der Waals surface area contributed by atoms with Crippen molar-refractivity contribution >= 4 is 22.2 Å². The van der Waals surface area contributed by atoms with Crippen molar-refractivity contribution < 1.29 is 4.79 Å². The number of hydrogen-bond acceptors (Lipinski definition) is 6. The molecule has 130 valence electrons. The molecule has 4 rings (SSSR count). The molecule has 0 unspecified atom stereocenters. The first-order valence-electron chi connectivity index (χ1n) is 8.54. The Morgan fingerprint density at radius 3 is 2.84 bits per heavy atom. The van der Waals surface area contributed by atoms with Gasteiger partial charge in [0.25, 0.3) is 0 Å². The molecule has 3 heterocycles. The second-order valence-corrected chi connectivity index (χ2v) is 7.48. The molecule has 1 aliphatic rings. The van der Waals surface area contributed by atoms with Gasteiger partial charge in [-0.2, -0.15) is 9.61 Å². The topological polar surface area (TPSA) is 76.3 Å². The maximum Gasteiger partial charge on any atom is 0.234 e. The van der Waals surface area contributed by atoms with Crippen LogP contribution in [0.25, 0.3) is 4.96 Å². The molecule has 8 heteroatoms. The number of aryl methyl sites for hydroxylation is 1. The van der Waals surface area contributed by atoms with Crippen molar-refractivity contribution in [3.8, 4) is 0 Å². The summed E-state index contributed by atoms with van der Waals surface area (Å²) in [6.45, 7) is 0.708. The Labute approximate surface area is 149 Å². The number of pyridine rings is 1. The lowest BCUT2D eigenvalue weighted by Gasteiger charge is -2.16. The summed E-state index contributed by atoms with van der Waals surface area (Å²) in [4.78, 5) is 19.0. The van der Waals surface area contributed by atoms with Crippen LogP contribution in [0, 0.1) is 0 Å². The third kappa shape index (κ3) is 3.68. The first kappa shape index (κ1) is 16.1. The molecule has 0 saturated heterocycles. The van der Waals surface area contributed by atoms with Crippen molar-refractivity contribution in [2.45, 2.75) is 38.0 Å². The Morgan fingerprint density at radius 2 is 2.08 bits per heavy atom. The molecule has 1 aliphatic carbocycles. The van der Waals surface area contributed by atoms with Crippen LogP contribution in [0.15, 0.2) is 24.5 Å². The van der Waals surface area contributed by atoms with E-state index >= 15 is 0 Å². The number of likely N-dealkylation sites (N-methyl/N-ethyl adjacent to an activating group) is 1. The van der Waals surface area contributed by atoms with E-state index in [0.717, 1.165) is 22.2 Å². The number of amides is 1. The van der Waals surface area contributed by atoms with Crippen molar-refractivity contribution in [2.75, 3.05) is 13.6 Å². The number of fused-ring (bicyclic) bond motifs is 1. The molecular formula is C17H20N6OS. The summed E-state index contributed by atoms with van der Waals surface area (Å²) >= 11 is 1.53. The van der Waals surface area contributed by atoms with Crippen LogP contribution in [0.5, 0.6) is 0 Å². The molecule has 1 fully saturated rings. The van der Waals surface area contributed by atoms with Crippen molar-refractivity contribution in [2.24, 2.45) is 0 Å². The summed E-state index contributed by atoms with van der Waals surface area (Å²) in [7, 11) is 1.85. The lowest BCUT2D eigenvalue weighted by Crippen LogP contribution is -2.29. The first-order chi connectivity index (χ1) is 12.2. The van der Waals surface area contributed by atoms with E-state index in [1.54, 1.807) is 17.3 Å². The lowest BCUT2D eigenvalue weighted by molar-refractivity contribution is -0.129. The molecular weight excluding hydrogens is 336 g/mol. The predicted octanol–water partition coefficient (Wildman–Crippen LogP) is 2.09. The highest BCUT2D eigenvalue weighted by Crippen LogP contribution is 2.39. The fraction of sp³-hybridized carbons (Fsp3) is 0.471. The summed E-state index contributed by atoms with van der Waals surface area (Å²) in [5.41, 5.74) is 1.19. The van der Waals surface area contributed by atoms with E-state index in [9.17, 15) is 4.79 Å². The first-order valence-corrected chi connectivity index (χ1v) is 9.36. The molecule has 7 nitrogen and oxygen atoms in total. The van der Waals surface area contributed by atoms with Crippen LogP contribution < -0.4 is 0 Å². The van der Waals surface area contributed by atoms with Gasteiger partial charge >= 0.3 is 0 Å². The van der Waals surface area contributed by atoms with Gasteiger partial charge in [-0.15, -0.1) is 10.2 Å². The van der Waals surface area contributed by atoms with Gasteiger partial charge in [0.1, 0.15) is 5.01 Å². The normalized spacial score (nSPS) is 14.1. The van der Waals surface area contributed by atoms with E-state index in [2.05, 4.69) is 20.3 Å². The van der Waals surface area contributed by atoms with Gasteiger partial charge in [0.05, 0.1) is 0 Å². The minimum atomic E-state index is 0.141. The van der Waals surface area contributed by atoms with Crippen molar-refractivity contribution in [1.82, 2.24) is 29.7 Å². The Balaban J connectivity index is 1.30. The Hall–Kier alpha value is -2.35. The molecule has 3 aromatic rings. The van der Waals surface area contributed by atoms with E-state index in [-0.39, 0.29) is 5.91 Å². The van der Waals surface area contributed by atoms with E-state index in [4.69, 9.17) is 0 Å². The standard InChI is InChI=1S/C17H20N6OS/c1-22(11-8-12-6-9-18-10-7-12)15(24)5-4-14-21-23-16(13-2-3-13)19-20-17(23)25-14/h6-7,9-10,13H,2-5,8,11H2,1H3. The summed E-state index contributed by atoms with van der Waals surface area (Å²) in [6, 6.07) is 3.96. The monoisotopic (exact) mass is 356 g/mol. The minimum absolute atomic E-state index is 0.141. The van der Waals surface area contributed by atoms with Gasteiger partial charge in [-0.05, 0) is 37.0 Å². The van der Waals surface area contributed by atoms with Gasteiger partial charge in [0.2, 0.25) is 10.9 Å². The van der Waals surface area contributed by atoms with Crippen LogP contribution in [0.4, 0.5) is 0 Å². The van der Waals surface area contributed by atoms with Crippen LogP contribution in [-0.4, -0.2) is 49.2 Å². The zero-order valence-electron chi connectivity index (χ0n) is 14.1. The average Bonchev–Trinajstić information content (AvgIpc) is 3.27. The maximum atomic E-state index is 12.3. The highest BCUT2D eigenvalue weighted by Gasteiger charge is 2.30. The third-order valence-electron chi connectivity index (χ3n) is 4.46. The van der Waals surface area contributed by atoms with Gasteiger partial charge in [0, 0.05) is 44.7 Å². The minimum Gasteiger partial charge on any atom is -0.345 e. The quantitative estimate of drug-likeness (QED) is 0.648. The number of carbonyl (C=O) groups is 1. The van der Waals surface area contributed by atoms with Crippen LogP contribution >= 0.6 is 11.3 Å². The SMILES string of the molecule is CN(CCc1ccncc1)C(=O)CCc1nn2c(C3CC3)nnc2s1. The largest absolute Gasteiger partial charge is 0.345 e. The number of carbonyl (C=O) groups excluding carboxylic acids is 1. The van der Waals surface area contributed by atoms with Gasteiger partial charge in [0.15, 0.2) is 5.82 Å². The highest BCUT2D eigenvalue weighted by molar-refractivity contribution is 7.16. The summed E-state index contributed by atoms with van der Waals surface area (Å²) < 4.78 is 1.86. The fourth-order valence-electron chi connectivity index (χ4n) is 2.74. The van der Waals surface area contributed by atoms with E-state index < -0.39 is 0 Å². The van der Waals surface area contributed by atoms with Crippen LogP contribution in [-0.2, 0) is 17.6 Å². The van der Waals surface area contributed by atoms with Gasteiger partial charge in [-0.25, -0.2) is 0 Å². The summed E-state index contributed by atoms with van der Waals surface area (Å²) in [5, 5.41) is 13.9. The number of nitrogens with zero attached hydrogens (tertiary/aromatic N) is 6. The highest BCUT2D eigenvalue weighted by atomic mass is 32.1. The van der Waals surface area contributed by atoms with Crippen LogP contribution in [0.2, 0.25) is 0 Å². The average molecular weight is 356 g/mol. The summed E-state index contributed by atoms with van der Waals surface area (Å²) in [5.74, 6) is 1.63. The Bertz CT molecular complexity index is 870.